The fraction of sp³-hybridized carbons (Fsp3) is 0.105. The highest BCUT2D eigenvalue weighted by molar-refractivity contribution is 6.07. The van der Waals surface area contributed by atoms with Crippen molar-refractivity contribution in [2.45, 2.75) is 0 Å². The molecule has 0 saturated heterocycles. The lowest BCUT2D eigenvalue weighted by molar-refractivity contribution is -0.112. The van der Waals surface area contributed by atoms with Crippen LogP contribution in [0.25, 0.3) is 0 Å². The van der Waals surface area contributed by atoms with Crippen LogP contribution in [0.4, 0.5) is 17.1 Å². The standard InChI is InChI=1S/C19H17N5O/c1-24(2)17-9-7-16(8-10-17)22-13-15(12-21)19(25)23-18-6-4-3-5-14(18)11-20/h3-10,13,22H,1-2H3,(H,23,25)/b15-13-. The van der Waals surface area contributed by atoms with E-state index in [2.05, 4.69) is 10.6 Å². The highest BCUT2D eigenvalue weighted by Gasteiger charge is 2.11. The molecule has 0 atom stereocenters. The van der Waals surface area contributed by atoms with E-state index in [9.17, 15) is 10.1 Å². The fourth-order valence-corrected chi connectivity index (χ4v) is 2.04. The number of nitriles is 2. The summed E-state index contributed by atoms with van der Waals surface area (Å²) < 4.78 is 0. The first-order valence-corrected chi connectivity index (χ1v) is 7.50. The predicted molar refractivity (Wildman–Crippen MR) is 97.9 cm³/mol. The van der Waals surface area contributed by atoms with Gasteiger partial charge < -0.3 is 15.5 Å². The van der Waals surface area contributed by atoms with Gasteiger partial charge in [-0.2, -0.15) is 10.5 Å². The largest absolute Gasteiger partial charge is 0.378 e. The summed E-state index contributed by atoms with van der Waals surface area (Å²) >= 11 is 0. The zero-order valence-electron chi connectivity index (χ0n) is 13.9. The molecule has 6 heteroatoms. The Kier molecular flexibility index (Phi) is 5.76. The lowest BCUT2D eigenvalue weighted by atomic mass is 10.2. The molecule has 2 N–H and O–H groups in total. The summed E-state index contributed by atoms with van der Waals surface area (Å²) in [6, 6.07) is 18.0. The second-order valence-corrected chi connectivity index (χ2v) is 5.37. The number of benzene rings is 2. The molecule has 0 aliphatic carbocycles. The molecule has 2 aromatic rings. The lowest BCUT2D eigenvalue weighted by Crippen LogP contribution is -2.15. The van der Waals surface area contributed by atoms with Crippen molar-refractivity contribution < 1.29 is 4.79 Å². The Morgan fingerprint density at radius 2 is 1.76 bits per heavy atom. The minimum Gasteiger partial charge on any atom is -0.378 e. The van der Waals surface area contributed by atoms with Crippen LogP contribution in [0.15, 0.2) is 60.3 Å². The average molecular weight is 331 g/mol. The van der Waals surface area contributed by atoms with E-state index in [1.165, 1.54) is 6.20 Å². The van der Waals surface area contributed by atoms with Crippen LogP contribution in [0.2, 0.25) is 0 Å². The summed E-state index contributed by atoms with van der Waals surface area (Å²) in [6.07, 6.45) is 1.34. The van der Waals surface area contributed by atoms with Gasteiger partial charge in [-0.05, 0) is 36.4 Å². The maximum atomic E-state index is 12.2. The van der Waals surface area contributed by atoms with Crippen LogP contribution in [0.5, 0.6) is 0 Å². The van der Waals surface area contributed by atoms with Crippen molar-refractivity contribution in [3.8, 4) is 12.1 Å². The highest BCUT2D eigenvalue weighted by atomic mass is 16.1. The third kappa shape index (κ3) is 4.60. The number of hydrogen-bond acceptors (Lipinski definition) is 5. The van der Waals surface area contributed by atoms with E-state index in [4.69, 9.17) is 5.26 Å². The van der Waals surface area contributed by atoms with Crippen molar-refractivity contribution in [1.29, 1.82) is 10.5 Å². The van der Waals surface area contributed by atoms with E-state index < -0.39 is 5.91 Å². The molecule has 0 radical (unpaired) electrons. The van der Waals surface area contributed by atoms with Gasteiger partial charge in [0.25, 0.3) is 5.91 Å². The molecule has 0 aliphatic rings. The molecule has 0 aliphatic heterocycles. The van der Waals surface area contributed by atoms with Gasteiger partial charge in [0.05, 0.1) is 11.3 Å². The third-order valence-electron chi connectivity index (χ3n) is 3.43. The first kappa shape index (κ1) is 17.6. The Morgan fingerprint density at radius 3 is 2.36 bits per heavy atom. The van der Waals surface area contributed by atoms with Crippen molar-refractivity contribution in [2.75, 3.05) is 29.6 Å². The molecule has 0 bridgehead atoms. The van der Waals surface area contributed by atoms with Crippen molar-refractivity contribution >= 4 is 23.0 Å². The van der Waals surface area contributed by atoms with Gasteiger partial charge in [0, 0.05) is 31.7 Å². The van der Waals surface area contributed by atoms with Crippen molar-refractivity contribution in [3.63, 3.8) is 0 Å². The fourth-order valence-electron chi connectivity index (χ4n) is 2.04. The van der Waals surface area contributed by atoms with Crippen LogP contribution in [0.3, 0.4) is 0 Å². The van der Waals surface area contributed by atoms with Crippen LogP contribution in [0, 0.1) is 22.7 Å². The number of nitrogens with one attached hydrogen (secondary N) is 2. The van der Waals surface area contributed by atoms with E-state index in [-0.39, 0.29) is 5.57 Å². The molecule has 2 aromatic carbocycles. The molecule has 2 rings (SSSR count). The van der Waals surface area contributed by atoms with Gasteiger partial charge in [0.15, 0.2) is 0 Å². The number of amides is 1. The van der Waals surface area contributed by atoms with Gasteiger partial charge in [0.1, 0.15) is 17.7 Å². The third-order valence-corrected chi connectivity index (χ3v) is 3.43. The monoisotopic (exact) mass is 331 g/mol. The summed E-state index contributed by atoms with van der Waals surface area (Å²) in [5.41, 5.74) is 2.40. The molecule has 0 fully saturated rings. The van der Waals surface area contributed by atoms with E-state index in [1.807, 2.05) is 55.4 Å². The number of rotatable bonds is 5. The van der Waals surface area contributed by atoms with Crippen molar-refractivity contribution in [2.24, 2.45) is 0 Å². The smallest absolute Gasteiger partial charge is 0.267 e. The van der Waals surface area contributed by atoms with Crippen LogP contribution in [-0.2, 0) is 4.79 Å². The predicted octanol–water partition coefficient (Wildman–Crippen LogP) is 3.08. The van der Waals surface area contributed by atoms with E-state index in [1.54, 1.807) is 24.3 Å². The quantitative estimate of drug-likeness (QED) is 0.649. The van der Waals surface area contributed by atoms with Crippen LogP contribution >= 0.6 is 0 Å². The maximum Gasteiger partial charge on any atom is 0.267 e. The molecule has 6 nitrogen and oxygen atoms in total. The summed E-state index contributed by atoms with van der Waals surface area (Å²) in [5, 5.41) is 23.8. The molecule has 0 unspecified atom stereocenters. The van der Waals surface area contributed by atoms with Gasteiger partial charge in [-0.15, -0.1) is 0 Å². The first-order valence-electron chi connectivity index (χ1n) is 7.50. The normalized spacial score (nSPS) is 10.3. The Morgan fingerprint density at radius 1 is 1.08 bits per heavy atom. The Bertz CT molecular complexity index is 870. The summed E-state index contributed by atoms with van der Waals surface area (Å²) in [6.45, 7) is 0. The van der Waals surface area contributed by atoms with Gasteiger partial charge in [-0.3, -0.25) is 4.79 Å². The van der Waals surface area contributed by atoms with Gasteiger partial charge in [-0.1, -0.05) is 12.1 Å². The minimum atomic E-state index is -0.581. The number of para-hydroxylation sites is 1. The summed E-state index contributed by atoms with van der Waals surface area (Å²) in [4.78, 5) is 14.2. The van der Waals surface area contributed by atoms with E-state index in [0.717, 1.165) is 11.4 Å². The lowest BCUT2D eigenvalue weighted by Gasteiger charge is -2.12. The molecule has 25 heavy (non-hydrogen) atoms. The Labute approximate surface area is 146 Å². The van der Waals surface area contributed by atoms with Gasteiger partial charge in [-0.25, -0.2) is 0 Å². The number of hydrogen-bond donors (Lipinski definition) is 2. The molecular weight excluding hydrogens is 314 g/mol. The van der Waals surface area contributed by atoms with Crippen molar-refractivity contribution in [3.05, 3.63) is 65.9 Å². The van der Waals surface area contributed by atoms with Crippen LogP contribution in [-0.4, -0.2) is 20.0 Å². The SMILES string of the molecule is CN(C)c1ccc(N/C=C(/C#N)C(=O)Nc2ccccc2C#N)cc1. The molecule has 1 amide bonds. The Balaban J connectivity index is 2.10. The molecule has 124 valence electrons. The average Bonchev–Trinajstić information content (AvgIpc) is 2.63. The molecule has 0 aromatic heterocycles. The van der Waals surface area contributed by atoms with Gasteiger partial charge in [0.2, 0.25) is 0 Å². The molecule has 0 heterocycles. The molecule has 0 spiro atoms. The summed E-state index contributed by atoms with van der Waals surface area (Å²) in [7, 11) is 3.89. The number of carbonyl (C=O) groups is 1. The van der Waals surface area contributed by atoms with Crippen LogP contribution in [0.1, 0.15) is 5.56 Å². The van der Waals surface area contributed by atoms with Crippen LogP contribution < -0.4 is 15.5 Å². The highest BCUT2D eigenvalue weighted by Crippen LogP contribution is 2.17. The van der Waals surface area contributed by atoms with Crippen molar-refractivity contribution in [1.82, 2.24) is 0 Å². The summed E-state index contributed by atoms with van der Waals surface area (Å²) in [5.74, 6) is -0.581. The second kappa shape index (κ2) is 8.19. The Hall–Kier alpha value is -3.77. The number of nitrogens with zero attached hydrogens (tertiary/aromatic N) is 3. The minimum absolute atomic E-state index is 0.0931. The number of carbonyl (C=O) groups excluding carboxylic acids is 1. The van der Waals surface area contributed by atoms with E-state index in [0.29, 0.717) is 11.3 Å². The molecule has 0 saturated carbocycles. The molecular formula is C19H17N5O. The van der Waals surface area contributed by atoms with E-state index >= 15 is 0 Å². The zero-order valence-corrected chi connectivity index (χ0v) is 13.9. The zero-order chi connectivity index (χ0) is 18.2. The maximum absolute atomic E-state index is 12.2. The number of anilines is 3. The second-order valence-electron chi connectivity index (χ2n) is 5.37. The first-order chi connectivity index (χ1) is 12.0. The van der Waals surface area contributed by atoms with Gasteiger partial charge >= 0.3 is 0 Å². The topological polar surface area (TPSA) is 91.9 Å².